The zero-order valence-electron chi connectivity index (χ0n) is 17.2. The molecule has 154 valence electrons. The molecule has 4 rings (SSSR count). The van der Waals surface area contributed by atoms with Crippen LogP contribution in [0.3, 0.4) is 0 Å². The largest absolute Gasteiger partial charge is 0.381 e. The van der Waals surface area contributed by atoms with Crippen molar-refractivity contribution in [1.82, 2.24) is 24.5 Å². The molecule has 0 saturated carbocycles. The van der Waals surface area contributed by atoms with Crippen molar-refractivity contribution in [3.8, 4) is 0 Å². The highest BCUT2D eigenvalue weighted by Gasteiger charge is 2.52. The lowest BCUT2D eigenvalue weighted by molar-refractivity contribution is -0.133. The summed E-state index contributed by atoms with van der Waals surface area (Å²) in [5, 5.41) is 4.40. The van der Waals surface area contributed by atoms with Gasteiger partial charge < -0.3 is 19.4 Å². The minimum absolute atomic E-state index is 0.0926. The minimum atomic E-state index is -0.0926. The number of piperidine rings is 1. The highest BCUT2D eigenvalue weighted by molar-refractivity contribution is 5.79. The molecule has 0 bridgehead atoms. The molecule has 0 unspecified atom stereocenters. The van der Waals surface area contributed by atoms with Crippen molar-refractivity contribution in [2.75, 3.05) is 39.9 Å². The maximum atomic E-state index is 12.9. The Balaban J connectivity index is 1.39. The summed E-state index contributed by atoms with van der Waals surface area (Å²) in [5.74, 6) is 0.107. The molecule has 28 heavy (non-hydrogen) atoms. The van der Waals surface area contributed by atoms with E-state index in [0.717, 1.165) is 56.8 Å². The molecule has 1 aromatic rings. The maximum Gasteiger partial charge on any atom is 0.320 e. The first-order chi connectivity index (χ1) is 13.4. The molecule has 1 aromatic heterocycles. The van der Waals surface area contributed by atoms with Gasteiger partial charge in [0, 0.05) is 51.6 Å². The van der Waals surface area contributed by atoms with Gasteiger partial charge in [-0.15, -0.1) is 0 Å². The molecular weight excluding hydrogens is 358 g/mol. The number of urea groups is 1. The molecule has 1 spiro atoms. The predicted molar refractivity (Wildman–Crippen MR) is 104 cm³/mol. The quantitative estimate of drug-likeness (QED) is 0.784. The molecule has 3 aliphatic rings. The Bertz CT molecular complexity index is 747. The highest BCUT2D eigenvalue weighted by Crippen LogP contribution is 2.38. The van der Waals surface area contributed by atoms with Crippen LogP contribution in [-0.4, -0.2) is 87.9 Å². The van der Waals surface area contributed by atoms with Crippen LogP contribution in [0, 0.1) is 13.8 Å². The summed E-state index contributed by atoms with van der Waals surface area (Å²) in [6, 6.07) is 2.32. The van der Waals surface area contributed by atoms with Crippen LogP contribution in [0.15, 0.2) is 6.07 Å². The Morgan fingerprint density at radius 3 is 2.54 bits per heavy atom. The second-order valence-corrected chi connectivity index (χ2v) is 8.54. The number of carbonyl (C=O) groups is 2. The smallest absolute Gasteiger partial charge is 0.320 e. The van der Waals surface area contributed by atoms with E-state index in [1.54, 1.807) is 4.68 Å². The van der Waals surface area contributed by atoms with E-state index in [1.807, 2.05) is 36.8 Å². The van der Waals surface area contributed by atoms with Gasteiger partial charge >= 0.3 is 6.03 Å². The van der Waals surface area contributed by atoms with Gasteiger partial charge in [0.25, 0.3) is 0 Å². The van der Waals surface area contributed by atoms with Crippen LogP contribution in [0.5, 0.6) is 0 Å². The molecule has 3 saturated heterocycles. The third-order valence-corrected chi connectivity index (χ3v) is 6.57. The first-order valence-electron chi connectivity index (χ1n) is 10.3. The minimum Gasteiger partial charge on any atom is -0.381 e. The van der Waals surface area contributed by atoms with E-state index >= 15 is 0 Å². The average molecular weight is 390 g/mol. The van der Waals surface area contributed by atoms with Gasteiger partial charge in [-0.25, -0.2) is 4.79 Å². The van der Waals surface area contributed by atoms with Crippen molar-refractivity contribution in [1.29, 1.82) is 0 Å². The molecule has 8 heteroatoms. The molecular formula is C20H31N5O3. The van der Waals surface area contributed by atoms with Gasteiger partial charge in [-0.3, -0.25) is 9.48 Å². The third kappa shape index (κ3) is 3.38. The molecule has 3 aliphatic heterocycles. The molecule has 0 aliphatic carbocycles. The Kier molecular flexibility index (Phi) is 5.07. The van der Waals surface area contributed by atoms with Crippen LogP contribution in [0.1, 0.15) is 37.1 Å². The van der Waals surface area contributed by atoms with Gasteiger partial charge in [0.05, 0.1) is 11.2 Å². The zero-order valence-corrected chi connectivity index (χ0v) is 17.2. The lowest BCUT2D eigenvalue weighted by atomic mass is 9.86. The molecule has 3 amide bonds. The summed E-state index contributed by atoms with van der Waals surface area (Å²) < 4.78 is 7.34. The number of rotatable bonds is 3. The van der Waals surface area contributed by atoms with Crippen molar-refractivity contribution in [3.05, 3.63) is 17.5 Å². The number of ether oxygens (including phenoxy) is 1. The van der Waals surface area contributed by atoms with Crippen molar-refractivity contribution >= 4 is 11.9 Å². The van der Waals surface area contributed by atoms with E-state index in [1.165, 1.54) is 0 Å². The SMILES string of the molecule is Cc1cc(C)n(CC(=O)N2CCC(N3C(=O)N(C)CC34CCOCC4)CC2)n1. The van der Waals surface area contributed by atoms with Gasteiger partial charge in [-0.1, -0.05) is 0 Å². The number of amides is 3. The van der Waals surface area contributed by atoms with E-state index in [9.17, 15) is 9.59 Å². The second-order valence-electron chi connectivity index (χ2n) is 8.54. The molecule has 0 atom stereocenters. The van der Waals surface area contributed by atoms with Crippen molar-refractivity contribution in [2.45, 2.75) is 57.7 Å². The molecule has 0 N–H and O–H groups in total. The lowest BCUT2D eigenvalue weighted by Gasteiger charge is -2.46. The van der Waals surface area contributed by atoms with Crippen molar-refractivity contribution in [2.24, 2.45) is 0 Å². The first-order valence-corrected chi connectivity index (χ1v) is 10.3. The fourth-order valence-electron chi connectivity index (χ4n) is 5.10. The predicted octanol–water partition coefficient (Wildman–Crippen LogP) is 1.41. The van der Waals surface area contributed by atoms with Crippen LogP contribution < -0.4 is 0 Å². The summed E-state index contributed by atoms with van der Waals surface area (Å²) in [6.45, 7) is 7.82. The van der Waals surface area contributed by atoms with Crippen molar-refractivity contribution in [3.63, 3.8) is 0 Å². The fourth-order valence-corrected chi connectivity index (χ4v) is 5.10. The molecule has 4 heterocycles. The molecule has 8 nitrogen and oxygen atoms in total. The standard InChI is InChI=1S/C20H31N5O3/c1-15-12-16(2)24(21-15)13-18(26)23-8-4-17(5-9-23)25-19(27)22(3)14-20(25)6-10-28-11-7-20/h12,17H,4-11,13-14H2,1-3H3. The summed E-state index contributed by atoms with van der Waals surface area (Å²) in [7, 11) is 1.90. The lowest BCUT2D eigenvalue weighted by Crippen LogP contribution is -2.58. The van der Waals surface area contributed by atoms with E-state index in [0.29, 0.717) is 13.1 Å². The second kappa shape index (κ2) is 7.39. The third-order valence-electron chi connectivity index (χ3n) is 6.57. The van der Waals surface area contributed by atoms with E-state index < -0.39 is 0 Å². The Morgan fingerprint density at radius 1 is 1.25 bits per heavy atom. The number of likely N-dealkylation sites (tertiary alicyclic amines) is 1. The summed E-state index contributed by atoms with van der Waals surface area (Å²) in [5.41, 5.74) is 1.85. The summed E-state index contributed by atoms with van der Waals surface area (Å²) in [6.07, 6.45) is 3.48. The number of aryl methyl sites for hydroxylation is 2. The number of carbonyl (C=O) groups excluding carboxylic acids is 2. The first kappa shape index (κ1) is 19.2. The van der Waals surface area contributed by atoms with Gasteiger partial charge in [0.2, 0.25) is 5.91 Å². The number of aromatic nitrogens is 2. The van der Waals surface area contributed by atoms with E-state index in [2.05, 4.69) is 10.00 Å². The van der Waals surface area contributed by atoms with E-state index in [-0.39, 0.29) is 30.1 Å². The Morgan fingerprint density at radius 2 is 1.93 bits per heavy atom. The number of nitrogens with zero attached hydrogens (tertiary/aromatic N) is 5. The van der Waals surface area contributed by atoms with Crippen molar-refractivity contribution < 1.29 is 14.3 Å². The van der Waals surface area contributed by atoms with Crippen LogP contribution in [0.25, 0.3) is 0 Å². The van der Waals surface area contributed by atoms with Crippen LogP contribution in [0.4, 0.5) is 4.79 Å². The fraction of sp³-hybridized carbons (Fsp3) is 0.750. The summed E-state index contributed by atoms with van der Waals surface area (Å²) >= 11 is 0. The average Bonchev–Trinajstić information content (AvgIpc) is 3.11. The normalized spacial score (nSPS) is 23.1. The highest BCUT2D eigenvalue weighted by atomic mass is 16.5. The van der Waals surface area contributed by atoms with Crippen LogP contribution in [0.2, 0.25) is 0 Å². The van der Waals surface area contributed by atoms with Gasteiger partial charge in [0.15, 0.2) is 0 Å². The maximum absolute atomic E-state index is 12.9. The van der Waals surface area contributed by atoms with Crippen LogP contribution >= 0.6 is 0 Å². The molecule has 3 fully saturated rings. The monoisotopic (exact) mass is 389 g/mol. The topological polar surface area (TPSA) is 70.9 Å². The number of hydrogen-bond donors (Lipinski definition) is 0. The number of hydrogen-bond acceptors (Lipinski definition) is 4. The van der Waals surface area contributed by atoms with E-state index in [4.69, 9.17) is 4.74 Å². The number of likely N-dealkylation sites (N-methyl/N-ethyl adjacent to an activating group) is 1. The Hall–Kier alpha value is -2.09. The van der Waals surface area contributed by atoms with Gasteiger partial charge in [-0.05, 0) is 45.6 Å². The van der Waals surface area contributed by atoms with Crippen LogP contribution in [-0.2, 0) is 16.1 Å². The summed E-state index contributed by atoms with van der Waals surface area (Å²) in [4.78, 5) is 31.5. The molecule has 0 aromatic carbocycles. The molecule has 0 radical (unpaired) electrons. The van der Waals surface area contributed by atoms with Gasteiger partial charge in [-0.2, -0.15) is 5.10 Å². The Labute approximate surface area is 166 Å². The zero-order chi connectivity index (χ0) is 19.9. The van der Waals surface area contributed by atoms with Gasteiger partial charge in [0.1, 0.15) is 6.54 Å².